The molecule has 128 valence electrons. The third-order valence-electron chi connectivity index (χ3n) is 2.82. The molecule has 0 aliphatic rings. The van der Waals surface area contributed by atoms with Crippen molar-refractivity contribution in [3.63, 3.8) is 0 Å². The Morgan fingerprint density at radius 2 is 1.83 bits per heavy atom. The molecule has 0 aliphatic heterocycles. The Morgan fingerprint density at radius 3 is 2.38 bits per heavy atom. The van der Waals surface area contributed by atoms with Gasteiger partial charge in [-0.05, 0) is 72.3 Å². The first-order valence-electron chi connectivity index (χ1n) is 7.13. The third kappa shape index (κ3) is 5.33. The first-order valence-corrected chi connectivity index (χ1v) is 9.41. The standard InChI is InChI=1S/C16H17BrN2O4S/c1-11(2)19-24(21,22)14-7-3-12(4-8-14)18-16(20)10-6-13-5-9-15(17)23-13/h3-11,19H,1-2H3,(H,18,20)/b10-6+. The molecule has 2 aromatic rings. The first kappa shape index (κ1) is 18.4. The van der Waals surface area contributed by atoms with E-state index in [1.54, 1.807) is 26.0 Å². The van der Waals surface area contributed by atoms with Crippen LogP contribution in [0.3, 0.4) is 0 Å². The van der Waals surface area contributed by atoms with Gasteiger partial charge in [-0.2, -0.15) is 0 Å². The zero-order valence-corrected chi connectivity index (χ0v) is 15.5. The van der Waals surface area contributed by atoms with Gasteiger partial charge in [-0.3, -0.25) is 4.79 Å². The molecule has 0 aliphatic carbocycles. The van der Waals surface area contributed by atoms with Gasteiger partial charge in [0.2, 0.25) is 15.9 Å². The van der Waals surface area contributed by atoms with E-state index in [1.165, 1.54) is 36.4 Å². The smallest absolute Gasteiger partial charge is 0.248 e. The van der Waals surface area contributed by atoms with E-state index in [4.69, 9.17) is 4.42 Å². The van der Waals surface area contributed by atoms with Gasteiger partial charge < -0.3 is 9.73 Å². The van der Waals surface area contributed by atoms with Gasteiger partial charge in [0, 0.05) is 17.8 Å². The van der Waals surface area contributed by atoms with E-state index in [0.717, 1.165) is 0 Å². The lowest BCUT2D eigenvalue weighted by Gasteiger charge is -2.10. The summed E-state index contributed by atoms with van der Waals surface area (Å²) in [7, 11) is -3.54. The van der Waals surface area contributed by atoms with Crippen LogP contribution in [0, 0.1) is 0 Å². The number of halogens is 1. The number of hydrogen-bond acceptors (Lipinski definition) is 4. The number of rotatable bonds is 6. The molecular weight excluding hydrogens is 396 g/mol. The topological polar surface area (TPSA) is 88.4 Å². The zero-order chi connectivity index (χ0) is 17.7. The minimum absolute atomic E-state index is 0.144. The lowest BCUT2D eigenvalue weighted by Crippen LogP contribution is -2.30. The fraction of sp³-hybridized carbons (Fsp3) is 0.188. The van der Waals surface area contributed by atoms with Crippen LogP contribution in [0.1, 0.15) is 19.6 Å². The van der Waals surface area contributed by atoms with Crippen molar-refractivity contribution in [3.8, 4) is 0 Å². The molecular formula is C16H17BrN2O4S. The highest BCUT2D eigenvalue weighted by atomic mass is 79.9. The van der Waals surface area contributed by atoms with E-state index >= 15 is 0 Å². The summed E-state index contributed by atoms with van der Waals surface area (Å²) < 4.78 is 32.3. The maximum atomic E-state index is 12.0. The van der Waals surface area contributed by atoms with Gasteiger partial charge in [0.15, 0.2) is 4.67 Å². The van der Waals surface area contributed by atoms with Crippen LogP contribution in [-0.2, 0) is 14.8 Å². The first-order chi connectivity index (χ1) is 11.3. The van der Waals surface area contributed by atoms with Crippen molar-refractivity contribution >= 4 is 43.6 Å². The Kier molecular flexibility index (Phi) is 5.98. The summed E-state index contributed by atoms with van der Waals surface area (Å²) in [6.07, 6.45) is 2.86. The van der Waals surface area contributed by atoms with Crippen LogP contribution in [0.25, 0.3) is 6.08 Å². The molecule has 8 heteroatoms. The molecule has 2 rings (SSSR count). The highest BCUT2D eigenvalue weighted by Crippen LogP contribution is 2.16. The second kappa shape index (κ2) is 7.78. The molecule has 0 unspecified atom stereocenters. The number of carbonyl (C=O) groups is 1. The molecule has 1 aromatic carbocycles. The molecule has 0 spiro atoms. The number of sulfonamides is 1. The van der Waals surface area contributed by atoms with E-state index in [1.807, 2.05) is 0 Å². The van der Waals surface area contributed by atoms with Crippen LogP contribution in [0.2, 0.25) is 0 Å². The Balaban J connectivity index is 2.01. The van der Waals surface area contributed by atoms with Gasteiger partial charge in [-0.1, -0.05) is 0 Å². The van der Waals surface area contributed by atoms with Crippen LogP contribution in [0.4, 0.5) is 5.69 Å². The van der Waals surface area contributed by atoms with Crippen LogP contribution in [0.15, 0.2) is 56.5 Å². The molecule has 1 amide bonds. The number of carbonyl (C=O) groups excluding carboxylic acids is 1. The van der Waals surface area contributed by atoms with Crippen molar-refractivity contribution in [1.82, 2.24) is 4.72 Å². The Labute approximate surface area is 149 Å². The summed E-state index contributed by atoms with van der Waals surface area (Å²) in [5, 5.41) is 2.64. The Morgan fingerprint density at radius 1 is 1.17 bits per heavy atom. The van der Waals surface area contributed by atoms with E-state index in [-0.39, 0.29) is 16.8 Å². The number of anilines is 1. The highest BCUT2D eigenvalue weighted by molar-refractivity contribution is 9.10. The van der Waals surface area contributed by atoms with Crippen LogP contribution in [0.5, 0.6) is 0 Å². The van der Waals surface area contributed by atoms with Crippen molar-refractivity contribution in [2.45, 2.75) is 24.8 Å². The fourth-order valence-corrected chi connectivity index (χ4v) is 3.43. The fourth-order valence-electron chi connectivity index (χ4n) is 1.86. The van der Waals surface area contributed by atoms with Crippen LogP contribution < -0.4 is 10.0 Å². The lowest BCUT2D eigenvalue weighted by molar-refractivity contribution is -0.111. The van der Waals surface area contributed by atoms with Gasteiger partial charge in [0.1, 0.15) is 5.76 Å². The maximum Gasteiger partial charge on any atom is 0.248 e. The zero-order valence-electron chi connectivity index (χ0n) is 13.1. The number of nitrogens with one attached hydrogen (secondary N) is 2. The minimum atomic E-state index is -3.54. The van der Waals surface area contributed by atoms with Crippen molar-refractivity contribution < 1.29 is 17.6 Å². The molecule has 0 bridgehead atoms. The second-order valence-electron chi connectivity index (χ2n) is 5.26. The van der Waals surface area contributed by atoms with Crippen molar-refractivity contribution in [2.24, 2.45) is 0 Å². The van der Waals surface area contributed by atoms with E-state index in [0.29, 0.717) is 16.1 Å². The van der Waals surface area contributed by atoms with E-state index < -0.39 is 10.0 Å². The monoisotopic (exact) mass is 412 g/mol. The maximum absolute atomic E-state index is 12.0. The van der Waals surface area contributed by atoms with Gasteiger partial charge >= 0.3 is 0 Å². The van der Waals surface area contributed by atoms with Crippen molar-refractivity contribution in [3.05, 3.63) is 52.9 Å². The third-order valence-corrected chi connectivity index (χ3v) is 4.92. The molecule has 0 saturated heterocycles. The Hall–Kier alpha value is -1.90. The molecule has 0 saturated carbocycles. The second-order valence-corrected chi connectivity index (χ2v) is 7.76. The molecule has 1 heterocycles. The molecule has 24 heavy (non-hydrogen) atoms. The average molecular weight is 413 g/mol. The molecule has 0 radical (unpaired) electrons. The molecule has 0 fully saturated rings. The predicted octanol–water partition coefficient (Wildman–Crippen LogP) is 3.38. The van der Waals surface area contributed by atoms with Gasteiger partial charge in [0.05, 0.1) is 4.90 Å². The summed E-state index contributed by atoms with van der Waals surface area (Å²) in [5.41, 5.74) is 0.494. The summed E-state index contributed by atoms with van der Waals surface area (Å²) >= 11 is 3.18. The molecule has 6 nitrogen and oxygen atoms in total. The van der Waals surface area contributed by atoms with Gasteiger partial charge in [-0.25, -0.2) is 13.1 Å². The number of amides is 1. The van der Waals surface area contributed by atoms with Crippen molar-refractivity contribution in [1.29, 1.82) is 0 Å². The quantitative estimate of drug-likeness (QED) is 0.711. The Bertz CT molecular complexity index is 839. The summed E-state index contributed by atoms with van der Waals surface area (Å²) in [5.74, 6) is 0.191. The SMILES string of the molecule is CC(C)NS(=O)(=O)c1ccc(NC(=O)/C=C/c2ccc(Br)o2)cc1. The number of benzene rings is 1. The molecule has 0 atom stereocenters. The lowest BCUT2D eigenvalue weighted by atomic mass is 10.3. The summed E-state index contributed by atoms with van der Waals surface area (Å²) in [6, 6.07) is 9.19. The normalized spacial score (nSPS) is 12.0. The summed E-state index contributed by atoms with van der Waals surface area (Å²) in [4.78, 5) is 12.0. The van der Waals surface area contributed by atoms with Crippen LogP contribution >= 0.6 is 15.9 Å². The van der Waals surface area contributed by atoms with E-state index in [9.17, 15) is 13.2 Å². The highest BCUT2D eigenvalue weighted by Gasteiger charge is 2.14. The molecule has 2 N–H and O–H groups in total. The molecule has 1 aromatic heterocycles. The van der Waals surface area contributed by atoms with Crippen LogP contribution in [-0.4, -0.2) is 20.4 Å². The number of hydrogen-bond donors (Lipinski definition) is 2. The van der Waals surface area contributed by atoms with E-state index in [2.05, 4.69) is 26.0 Å². The van der Waals surface area contributed by atoms with Crippen molar-refractivity contribution in [2.75, 3.05) is 5.32 Å². The minimum Gasteiger partial charge on any atom is -0.450 e. The largest absolute Gasteiger partial charge is 0.450 e. The number of furan rings is 1. The average Bonchev–Trinajstić information content (AvgIpc) is 2.90. The predicted molar refractivity (Wildman–Crippen MR) is 96.0 cm³/mol. The summed E-state index contributed by atoms with van der Waals surface area (Å²) in [6.45, 7) is 3.49. The van der Waals surface area contributed by atoms with Gasteiger partial charge in [0.25, 0.3) is 0 Å². The van der Waals surface area contributed by atoms with Gasteiger partial charge in [-0.15, -0.1) is 0 Å².